The molecule has 0 saturated carbocycles. The zero-order valence-corrected chi connectivity index (χ0v) is 12.5. The van der Waals surface area contributed by atoms with Crippen molar-refractivity contribution in [3.8, 4) is 5.75 Å². The molecule has 0 atom stereocenters. The van der Waals surface area contributed by atoms with Crippen LogP contribution in [-0.4, -0.2) is 22.7 Å². The number of aromatic hydroxyl groups is 1. The summed E-state index contributed by atoms with van der Waals surface area (Å²) >= 11 is 0. The molecular formula is C18H15NO4. The first-order chi connectivity index (χ1) is 11.2. The minimum atomic E-state index is -0.507. The van der Waals surface area contributed by atoms with Crippen molar-refractivity contribution in [2.24, 2.45) is 0 Å². The number of carbonyl (C=O) groups excluding carboxylic acids is 1. The van der Waals surface area contributed by atoms with E-state index in [1.165, 1.54) is 0 Å². The Morgan fingerprint density at radius 3 is 2.65 bits per heavy atom. The van der Waals surface area contributed by atoms with Crippen LogP contribution in [0.15, 0.2) is 52.9 Å². The first-order valence-corrected chi connectivity index (χ1v) is 7.21. The summed E-state index contributed by atoms with van der Waals surface area (Å²) in [5.74, 6) is -0.147. The molecule has 5 nitrogen and oxygen atoms in total. The second-order valence-electron chi connectivity index (χ2n) is 4.86. The maximum atomic E-state index is 12.3. The number of fused-ring (bicyclic) bond motifs is 1. The van der Waals surface area contributed by atoms with Crippen LogP contribution < -0.4 is 0 Å². The van der Waals surface area contributed by atoms with Crippen molar-refractivity contribution < 1.29 is 19.1 Å². The van der Waals surface area contributed by atoms with Crippen LogP contribution in [0.25, 0.3) is 22.7 Å². The molecule has 2 aromatic carbocycles. The van der Waals surface area contributed by atoms with Crippen LogP contribution in [0.1, 0.15) is 18.4 Å². The van der Waals surface area contributed by atoms with E-state index in [0.29, 0.717) is 11.1 Å². The molecule has 23 heavy (non-hydrogen) atoms. The van der Waals surface area contributed by atoms with E-state index in [-0.39, 0.29) is 23.8 Å². The van der Waals surface area contributed by atoms with Gasteiger partial charge >= 0.3 is 5.97 Å². The molecule has 5 heteroatoms. The number of benzene rings is 2. The van der Waals surface area contributed by atoms with Crippen molar-refractivity contribution in [2.45, 2.75) is 6.92 Å². The molecule has 0 spiro atoms. The first-order valence-electron chi connectivity index (χ1n) is 7.21. The van der Waals surface area contributed by atoms with Gasteiger partial charge in [-0.1, -0.05) is 24.3 Å². The quantitative estimate of drug-likeness (QED) is 0.588. The van der Waals surface area contributed by atoms with Crippen LogP contribution in [0.5, 0.6) is 5.75 Å². The summed E-state index contributed by atoms with van der Waals surface area (Å²) < 4.78 is 10.8. The molecule has 1 heterocycles. The number of rotatable bonds is 4. The number of hydrogen-bond donors (Lipinski definition) is 1. The summed E-state index contributed by atoms with van der Waals surface area (Å²) in [6, 6.07) is 13.8. The molecule has 0 saturated heterocycles. The van der Waals surface area contributed by atoms with Crippen LogP contribution in [0.2, 0.25) is 0 Å². The molecule has 3 rings (SSSR count). The lowest BCUT2D eigenvalue weighted by atomic mass is 10.1. The van der Waals surface area contributed by atoms with E-state index in [2.05, 4.69) is 4.98 Å². The van der Waals surface area contributed by atoms with Gasteiger partial charge in [-0.3, -0.25) is 0 Å². The summed E-state index contributed by atoms with van der Waals surface area (Å²) in [5.41, 5.74) is 2.23. The third-order valence-electron chi connectivity index (χ3n) is 3.22. The van der Waals surface area contributed by atoms with Gasteiger partial charge in [0.05, 0.1) is 6.61 Å². The molecule has 116 valence electrons. The Balaban J connectivity index is 2.07. The average Bonchev–Trinajstić information content (AvgIpc) is 2.98. The molecule has 0 aliphatic rings. The van der Waals surface area contributed by atoms with Gasteiger partial charge in [-0.15, -0.1) is 0 Å². The summed E-state index contributed by atoms with van der Waals surface area (Å²) in [6.07, 6.45) is 1.63. The molecule has 0 aliphatic heterocycles. The van der Waals surface area contributed by atoms with Crippen LogP contribution in [-0.2, 0) is 9.53 Å². The summed E-state index contributed by atoms with van der Waals surface area (Å²) in [7, 11) is 0. The number of phenolic OH excluding ortho intramolecular Hbond substituents is 1. The Kier molecular flexibility index (Phi) is 4.10. The number of nitrogens with zero attached hydrogens (tertiary/aromatic N) is 1. The molecule has 1 aromatic heterocycles. The van der Waals surface area contributed by atoms with E-state index in [4.69, 9.17) is 9.15 Å². The summed E-state index contributed by atoms with van der Waals surface area (Å²) in [6.45, 7) is 1.99. The Morgan fingerprint density at radius 1 is 1.22 bits per heavy atom. The molecule has 0 amide bonds. The van der Waals surface area contributed by atoms with Gasteiger partial charge < -0.3 is 14.3 Å². The van der Waals surface area contributed by atoms with Gasteiger partial charge in [-0.25, -0.2) is 9.78 Å². The zero-order valence-electron chi connectivity index (χ0n) is 12.5. The van der Waals surface area contributed by atoms with Gasteiger partial charge in [-0.05, 0) is 42.8 Å². The fourth-order valence-electron chi connectivity index (χ4n) is 2.14. The fourth-order valence-corrected chi connectivity index (χ4v) is 2.14. The minimum absolute atomic E-state index is 0.154. The maximum absolute atomic E-state index is 12.3. The monoisotopic (exact) mass is 309 g/mol. The highest BCUT2D eigenvalue weighted by Gasteiger charge is 2.19. The number of ether oxygens (including phenoxy) is 1. The van der Waals surface area contributed by atoms with Gasteiger partial charge in [0.2, 0.25) is 5.89 Å². The lowest BCUT2D eigenvalue weighted by Gasteiger charge is -2.04. The van der Waals surface area contributed by atoms with E-state index >= 15 is 0 Å². The van der Waals surface area contributed by atoms with Gasteiger partial charge in [0.1, 0.15) is 16.8 Å². The highest BCUT2D eigenvalue weighted by atomic mass is 16.5. The lowest BCUT2D eigenvalue weighted by molar-refractivity contribution is -0.136. The Morgan fingerprint density at radius 2 is 1.96 bits per heavy atom. The molecule has 1 N–H and O–H groups in total. The highest BCUT2D eigenvalue weighted by molar-refractivity contribution is 6.20. The predicted octanol–water partition coefficient (Wildman–Crippen LogP) is 3.64. The van der Waals surface area contributed by atoms with E-state index in [1.54, 1.807) is 43.3 Å². The molecule has 0 radical (unpaired) electrons. The zero-order chi connectivity index (χ0) is 16.2. The van der Waals surface area contributed by atoms with Gasteiger partial charge in [0.15, 0.2) is 5.58 Å². The molecule has 0 fully saturated rings. The second kappa shape index (κ2) is 6.36. The van der Waals surface area contributed by atoms with Crippen molar-refractivity contribution in [3.05, 3.63) is 60.0 Å². The highest BCUT2D eigenvalue weighted by Crippen LogP contribution is 2.24. The smallest absolute Gasteiger partial charge is 0.343 e. The van der Waals surface area contributed by atoms with Crippen molar-refractivity contribution in [3.63, 3.8) is 0 Å². The molecule has 0 aliphatic carbocycles. The fraction of sp³-hybridized carbons (Fsp3) is 0.111. The van der Waals surface area contributed by atoms with Crippen molar-refractivity contribution in [1.29, 1.82) is 0 Å². The number of hydrogen-bond acceptors (Lipinski definition) is 5. The summed E-state index contributed by atoms with van der Waals surface area (Å²) in [4.78, 5) is 16.6. The van der Waals surface area contributed by atoms with Crippen molar-refractivity contribution in [2.75, 3.05) is 6.61 Å². The summed E-state index contributed by atoms with van der Waals surface area (Å²) in [5, 5.41) is 9.35. The van der Waals surface area contributed by atoms with Gasteiger partial charge in [0, 0.05) is 0 Å². The SMILES string of the molecule is CCOC(=O)/C(=C\c1ccc(O)cc1)c1nc2ccccc2o1. The van der Waals surface area contributed by atoms with Crippen molar-refractivity contribution >= 4 is 28.7 Å². The molecule has 3 aromatic rings. The van der Waals surface area contributed by atoms with Crippen LogP contribution in [0.3, 0.4) is 0 Å². The van der Waals surface area contributed by atoms with Crippen LogP contribution in [0, 0.1) is 0 Å². The number of aromatic nitrogens is 1. The Hall–Kier alpha value is -3.08. The van der Waals surface area contributed by atoms with E-state index < -0.39 is 5.97 Å². The third-order valence-corrected chi connectivity index (χ3v) is 3.22. The van der Waals surface area contributed by atoms with Gasteiger partial charge in [0.25, 0.3) is 0 Å². The average molecular weight is 309 g/mol. The predicted molar refractivity (Wildman–Crippen MR) is 86.6 cm³/mol. The topological polar surface area (TPSA) is 72.6 Å². The number of oxazole rings is 1. The molecule has 0 unspecified atom stereocenters. The first kappa shape index (κ1) is 14.8. The third kappa shape index (κ3) is 3.23. The number of carbonyl (C=O) groups is 1. The van der Waals surface area contributed by atoms with Gasteiger partial charge in [-0.2, -0.15) is 0 Å². The number of para-hydroxylation sites is 2. The standard InChI is InChI=1S/C18H15NO4/c1-2-22-18(21)14(11-12-7-9-13(20)10-8-12)17-19-15-5-3-4-6-16(15)23-17/h3-11,20H,2H2,1H3/b14-11-. The Bertz CT molecular complexity index is 829. The normalized spacial score (nSPS) is 11.6. The second-order valence-corrected chi connectivity index (χ2v) is 4.86. The minimum Gasteiger partial charge on any atom is -0.508 e. The van der Waals surface area contributed by atoms with Crippen LogP contribution >= 0.6 is 0 Å². The number of esters is 1. The largest absolute Gasteiger partial charge is 0.508 e. The van der Waals surface area contributed by atoms with Crippen LogP contribution in [0.4, 0.5) is 0 Å². The Labute approximate surface area is 132 Å². The van der Waals surface area contributed by atoms with E-state index in [1.807, 2.05) is 18.2 Å². The lowest BCUT2D eigenvalue weighted by Crippen LogP contribution is -2.07. The maximum Gasteiger partial charge on any atom is 0.343 e. The molecule has 0 bridgehead atoms. The van der Waals surface area contributed by atoms with E-state index in [9.17, 15) is 9.90 Å². The molecular weight excluding hydrogens is 294 g/mol. The van der Waals surface area contributed by atoms with E-state index in [0.717, 1.165) is 5.56 Å². The number of phenols is 1. The van der Waals surface area contributed by atoms with Crippen molar-refractivity contribution in [1.82, 2.24) is 4.98 Å².